The summed E-state index contributed by atoms with van der Waals surface area (Å²) in [5.41, 5.74) is 3.29. The number of hydrogen-bond acceptors (Lipinski definition) is 3. The smallest absolute Gasteiger partial charge is 0.156 e. The summed E-state index contributed by atoms with van der Waals surface area (Å²) in [5.74, 6) is 0.308. The highest BCUT2D eigenvalue weighted by atomic mass is 16.1. The van der Waals surface area contributed by atoms with Crippen molar-refractivity contribution < 1.29 is 4.79 Å². The van der Waals surface area contributed by atoms with Crippen LogP contribution in [0.15, 0.2) is 18.2 Å². The van der Waals surface area contributed by atoms with E-state index in [4.69, 9.17) is 0 Å². The zero-order chi connectivity index (χ0) is 14.8. The van der Waals surface area contributed by atoms with E-state index in [9.17, 15) is 4.79 Å². The third kappa shape index (κ3) is 3.28. The maximum absolute atomic E-state index is 12.7. The maximum atomic E-state index is 12.7. The van der Waals surface area contributed by atoms with Crippen LogP contribution in [0.3, 0.4) is 0 Å². The van der Waals surface area contributed by atoms with Gasteiger partial charge in [-0.25, -0.2) is 0 Å². The molecule has 1 heterocycles. The third-order valence-corrected chi connectivity index (χ3v) is 4.53. The van der Waals surface area contributed by atoms with Crippen LogP contribution in [0, 0.1) is 13.8 Å². The number of Topliss-reactive ketones (excluding diaryl/α,β-unsaturated/α-hetero) is 1. The van der Waals surface area contributed by atoms with Crippen LogP contribution in [0.25, 0.3) is 0 Å². The van der Waals surface area contributed by atoms with Gasteiger partial charge in [0.25, 0.3) is 0 Å². The highest BCUT2D eigenvalue weighted by molar-refractivity contribution is 5.89. The number of ketones is 1. The molecular weight excluding hydrogens is 248 g/mol. The first-order chi connectivity index (χ1) is 9.41. The number of nitrogens with one attached hydrogen (secondary N) is 1. The lowest BCUT2D eigenvalue weighted by Crippen LogP contribution is -2.57. The van der Waals surface area contributed by atoms with E-state index in [1.54, 1.807) is 0 Å². The van der Waals surface area contributed by atoms with Crippen LogP contribution >= 0.6 is 0 Å². The molecule has 0 saturated carbocycles. The lowest BCUT2D eigenvalue weighted by molar-refractivity contribution is -0.129. The zero-order valence-corrected chi connectivity index (χ0v) is 13.1. The van der Waals surface area contributed by atoms with E-state index in [2.05, 4.69) is 56.1 Å². The van der Waals surface area contributed by atoms with Crippen LogP contribution in [0.5, 0.6) is 0 Å². The molecular formula is C17H26N2O. The van der Waals surface area contributed by atoms with Gasteiger partial charge in [0.15, 0.2) is 5.78 Å². The molecule has 0 atom stereocenters. The second-order valence-corrected chi connectivity index (χ2v) is 6.31. The van der Waals surface area contributed by atoms with Crippen molar-refractivity contribution >= 4 is 5.78 Å². The SMILES string of the molecule is Cc1ccc(CC(=O)C(C)(C)N2CCNCC2)cc1C. The number of piperazine rings is 1. The first kappa shape index (κ1) is 15.2. The van der Waals surface area contributed by atoms with Gasteiger partial charge in [0, 0.05) is 32.6 Å². The molecule has 3 nitrogen and oxygen atoms in total. The van der Waals surface area contributed by atoms with Crippen LogP contribution in [-0.2, 0) is 11.2 Å². The van der Waals surface area contributed by atoms with Gasteiger partial charge in [0.2, 0.25) is 0 Å². The molecule has 0 bridgehead atoms. The van der Waals surface area contributed by atoms with E-state index in [0.717, 1.165) is 31.7 Å². The topological polar surface area (TPSA) is 32.3 Å². The zero-order valence-electron chi connectivity index (χ0n) is 13.1. The van der Waals surface area contributed by atoms with Crippen LogP contribution in [-0.4, -0.2) is 42.4 Å². The maximum Gasteiger partial charge on any atom is 0.156 e. The van der Waals surface area contributed by atoms with Crippen molar-refractivity contribution in [3.8, 4) is 0 Å². The molecule has 1 aliphatic heterocycles. The molecule has 0 aromatic heterocycles. The molecule has 0 aliphatic carbocycles. The Bertz CT molecular complexity index is 488. The van der Waals surface area contributed by atoms with Crippen molar-refractivity contribution in [1.82, 2.24) is 10.2 Å². The highest BCUT2D eigenvalue weighted by Crippen LogP contribution is 2.20. The minimum atomic E-state index is -0.374. The summed E-state index contributed by atoms with van der Waals surface area (Å²) < 4.78 is 0. The van der Waals surface area contributed by atoms with Crippen molar-refractivity contribution in [1.29, 1.82) is 0 Å². The Kier molecular flexibility index (Phi) is 4.61. The number of rotatable bonds is 4. The lowest BCUT2D eigenvalue weighted by atomic mass is 9.90. The first-order valence-corrected chi connectivity index (χ1v) is 7.46. The van der Waals surface area contributed by atoms with E-state index in [-0.39, 0.29) is 5.54 Å². The Labute approximate surface area is 122 Å². The number of benzene rings is 1. The fourth-order valence-corrected chi connectivity index (χ4v) is 2.72. The Morgan fingerprint density at radius 1 is 1.20 bits per heavy atom. The molecule has 1 N–H and O–H groups in total. The minimum absolute atomic E-state index is 0.308. The van der Waals surface area contributed by atoms with Gasteiger partial charge in [-0.05, 0) is 44.4 Å². The molecule has 110 valence electrons. The predicted molar refractivity (Wildman–Crippen MR) is 83.1 cm³/mol. The van der Waals surface area contributed by atoms with Gasteiger partial charge in [-0.2, -0.15) is 0 Å². The molecule has 1 saturated heterocycles. The first-order valence-electron chi connectivity index (χ1n) is 7.46. The number of aryl methyl sites for hydroxylation is 2. The summed E-state index contributed by atoms with van der Waals surface area (Å²) >= 11 is 0. The third-order valence-electron chi connectivity index (χ3n) is 4.53. The van der Waals surface area contributed by atoms with Crippen molar-refractivity contribution in [3.63, 3.8) is 0 Å². The van der Waals surface area contributed by atoms with Crippen LogP contribution in [0.1, 0.15) is 30.5 Å². The van der Waals surface area contributed by atoms with Gasteiger partial charge in [0.1, 0.15) is 0 Å². The van der Waals surface area contributed by atoms with E-state index in [1.165, 1.54) is 11.1 Å². The molecule has 1 aliphatic rings. The molecule has 0 unspecified atom stereocenters. The van der Waals surface area contributed by atoms with Crippen LogP contribution < -0.4 is 5.32 Å². The second kappa shape index (κ2) is 6.06. The molecule has 2 rings (SSSR count). The van der Waals surface area contributed by atoms with Gasteiger partial charge in [0.05, 0.1) is 5.54 Å². The van der Waals surface area contributed by atoms with Gasteiger partial charge in [-0.15, -0.1) is 0 Å². The summed E-state index contributed by atoms with van der Waals surface area (Å²) in [4.78, 5) is 15.0. The lowest BCUT2D eigenvalue weighted by Gasteiger charge is -2.40. The minimum Gasteiger partial charge on any atom is -0.314 e. The quantitative estimate of drug-likeness (QED) is 0.912. The molecule has 20 heavy (non-hydrogen) atoms. The Morgan fingerprint density at radius 3 is 2.45 bits per heavy atom. The van der Waals surface area contributed by atoms with E-state index in [0.29, 0.717) is 12.2 Å². The van der Waals surface area contributed by atoms with Gasteiger partial charge in [-0.3, -0.25) is 9.69 Å². The average molecular weight is 274 g/mol. The second-order valence-electron chi connectivity index (χ2n) is 6.31. The fourth-order valence-electron chi connectivity index (χ4n) is 2.72. The predicted octanol–water partition coefficient (Wildman–Crippen LogP) is 2.10. The van der Waals surface area contributed by atoms with E-state index < -0.39 is 0 Å². The van der Waals surface area contributed by atoms with E-state index in [1.807, 2.05) is 0 Å². The van der Waals surface area contributed by atoms with Crippen LogP contribution in [0.4, 0.5) is 0 Å². The van der Waals surface area contributed by atoms with Crippen LogP contribution in [0.2, 0.25) is 0 Å². The van der Waals surface area contributed by atoms with Crippen molar-refractivity contribution in [3.05, 3.63) is 34.9 Å². The fraction of sp³-hybridized carbons (Fsp3) is 0.588. The summed E-state index contributed by atoms with van der Waals surface area (Å²) in [6.07, 6.45) is 0.526. The molecule has 1 aromatic carbocycles. The van der Waals surface area contributed by atoms with Gasteiger partial charge >= 0.3 is 0 Å². The Balaban J connectivity index is 2.07. The van der Waals surface area contributed by atoms with E-state index >= 15 is 0 Å². The molecule has 3 heteroatoms. The molecule has 0 spiro atoms. The monoisotopic (exact) mass is 274 g/mol. The standard InChI is InChI=1S/C17H26N2O/c1-13-5-6-15(11-14(13)2)12-16(20)17(3,4)19-9-7-18-8-10-19/h5-6,11,18H,7-10,12H2,1-4H3. The summed E-state index contributed by atoms with van der Waals surface area (Å²) in [7, 11) is 0. The number of hydrogen-bond donors (Lipinski definition) is 1. The summed E-state index contributed by atoms with van der Waals surface area (Å²) in [5, 5.41) is 3.34. The van der Waals surface area contributed by atoms with Crippen molar-refractivity contribution in [2.75, 3.05) is 26.2 Å². The molecule has 1 aromatic rings. The largest absolute Gasteiger partial charge is 0.314 e. The summed E-state index contributed by atoms with van der Waals surface area (Å²) in [6.45, 7) is 12.2. The normalized spacial score (nSPS) is 17.2. The molecule has 0 amide bonds. The number of carbonyl (C=O) groups excluding carboxylic acids is 1. The highest BCUT2D eigenvalue weighted by Gasteiger charge is 2.34. The molecule has 0 radical (unpaired) electrons. The van der Waals surface area contributed by atoms with Gasteiger partial charge in [-0.1, -0.05) is 18.2 Å². The number of carbonyl (C=O) groups is 1. The van der Waals surface area contributed by atoms with Gasteiger partial charge < -0.3 is 5.32 Å². The summed E-state index contributed by atoms with van der Waals surface area (Å²) in [6, 6.07) is 6.32. The average Bonchev–Trinajstić information content (AvgIpc) is 2.44. The molecule has 1 fully saturated rings. The Hall–Kier alpha value is -1.19. The number of nitrogens with zero attached hydrogens (tertiary/aromatic N) is 1. The Morgan fingerprint density at radius 2 is 1.85 bits per heavy atom. The van der Waals surface area contributed by atoms with Crippen molar-refractivity contribution in [2.24, 2.45) is 0 Å². The van der Waals surface area contributed by atoms with Crippen molar-refractivity contribution in [2.45, 2.75) is 39.7 Å².